The van der Waals surface area contributed by atoms with Crippen LogP contribution < -0.4 is 0 Å². The van der Waals surface area contributed by atoms with E-state index in [1.54, 1.807) is 13.8 Å². The molecular weight excluding hydrogens is 399 g/mol. The lowest BCUT2D eigenvalue weighted by Crippen LogP contribution is -2.65. The van der Waals surface area contributed by atoms with Gasteiger partial charge in [-0.2, -0.15) is 0 Å². The number of hydrogen-bond acceptors (Lipinski definition) is 5. The van der Waals surface area contributed by atoms with E-state index in [0.717, 1.165) is 6.08 Å². The van der Waals surface area contributed by atoms with Gasteiger partial charge in [-0.25, -0.2) is 4.39 Å². The minimum absolute atomic E-state index is 0.0589. The Morgan fingerprint density at radius 3 is 2.59 bits per heavy atom. The van der Waals surface area contributed by atoms with Gasteiger partial charge in [0, 0.05) is 17.3 Å². The minimum atomic E-state index is -1.88. The normalized spacial score (nSPS) is 49.2. The number of alkyl halides is 2. The van der Waals surface area contributed by atoms with Gasteiger partial charge in [-0.05, 0) is 54.7 Å². The molecule has 158 valence electrons. The molecule has 3 fully saturated rings. The number of aliphatic hydroxyl groups excluding tert-OH is 1. The van der Waals surface area contributed by atoms with Gasteiger partial charge in [0.25, 0.3) is 0 Å². The molecule has 29 heavy (non-hydrogen) atoms. The molecule has 4 aliphatic carbocycles. The van der Waals surface area contributed by atoms with Gasteiger partial charge in [-0.15, -0.1) is 11.6 Å². The number of allylic oxidation sites excluding steroid dienone is 1. The first kappa shape index (κ1) is 20.9. The Balaban J connectivity index is 1.84. The highest BCUT2D eigenvalue weighted by atomic mass is 35.5. The molecule has 0 aromatic carbocycles. The predicted molar refractivity (Wildman–Crippen MR) is 104 cm³/mol. The third kappa shape index (κ3) is 2.26. The van der Waals surface area contributed by atoms with Gasteiger partial charge < -0.3 is 10.2 Å². The first-order chi connectivity index (χ1) is 13.4. The van der Waals surface area contributed by atoms with Gasteiger partial charge in [0.2, 0.25) is 11.6 Å². The molecule has 0 amide bonds. The van der Waals surface area contributed by atoms with Gasteiger partial charge in [0.05, 0.1) is 4.87 Å². The van der Waals surface area contributed by atoms with Crippen LogP contribution in [0.5, 0.6) is 0 Å². The number of carbonyl (C=O) groups excluding carboxylic acids is 3. The fraction of sp³-hybridized carbons (Fsp3) is 0.682. The molecule has 0 radical (unpaired) electrons. The summed E-state index contributed by atoms with van der Waals surface area (Å²) in [5.74, 6) is -2.70. The molecule has 4 aliphatic rings. The summed E-state index contributed by atoms with van der Waals surface area (Å²) in [6.45, 7) is 6.66. The maximum atomic E-state index is 15.3. The van der Waals surface area contributed by atoms with E-state index in [0.29, 0.717) is 24.8 Å². The van der Waals surface area contributed by atoms with Crippen molar-refractivity contribution in [2.45, 2.75) is 62.6 Å². The van der Waals surface area contributed by atoms with E-state index in [4.69, 9.17) is 11.6 Å². The average molecular weight is 425 g/mol. The van der Waals surface area contributed by atoms with Gasteiger partial charge in [0.1, 0.15) is 12.8 Å². The summed E-state index contributed by atoms with van der Waals surface area (Å²) in [6.07, 6.45) is 0.637. The average Bonchev–Trinajstić information content (AvgIpc) is 2.87. The van der Waals surface area contributed by atoms with E-state index in [1.165, 1.54) is 0 Å². The maximum absolute atomic E-state index is 15.3. The monoisotopic (exact) mass is 424 g/mol. The van der Waals surface area contributed by atoms with E-state index in [2.05, 4.69) is 6.58 Å². The smallest absolute Gasteiger partial charge is 0.221 e. The summed E-state index contributed by atoms with van der Waals surface area (Å²) >= 11 is 7.24. The van der Waals surface area contributed by atoms with Gasteiger partial charge in [0.15, 0.2) is 11.4 Å². The third-order valence-corrected chi connectivity index (χ3v) is 9.57. The fourth-order valence-electron chi connectivity index (χ4n) is 6.94. The Hall–Kier alpha value is -1.37. The Bertz CT molecular complexity index is 882. The fourth-order valence-corrected chi connectivity index (χ4v) is 7.45. The lowest BCUT2D eigenvalue weighted by atomic mass is 9.45. The van der Waals surface area contributed by atoms with Crippen molar-refractivity contribution in [2.24, 2.45) is 22.7 Å². The number of ketones is 3. The van der Waals surface area contributed by atoms with Gasteiger partial charge >= 0.3 is 0 Å². The standard InChI is InChI=1S/C22H26ClFO5/c1-11-6-12-13-7-15(24)14-8-16(26)17(27)9-20(14,3)21(13,23)5-4-19(12,2)22(11,29)18(28)10-25/h8,12-13,15,25,29H,1,4-7,9-10H2,2-3H3/t12-,13-,15?,19-,20-,21+,22-/m0/s1. The highest BCUT2D eigenvalue weighted by Gasteiger charge is 2.72. The predicted octanol–water partition coefficient (Wildman–Crippen LogP) is 2.47. The summed E-state index contributed by atoms with van der Waals surface area (Å²) in [5.41, 5.74) is -3.21. The number of fused-ring (bicyclic) bond motifs is 5. The molecule has 7 heteroatoms. The van der Waals surface area contributed by atoms with Crippen molar-refractivity contribution >= 4 is 29.0 Å². The highest BCUT2D eigenvalue weighted by molar-refractivity contribution is 6.43. The number of carbonyl (C=O) groups is 3. The van der Waals surface area contributed by atoms with Crippen molar-refractivity contribution in [3.8, 4) is 0 Å². The van der Waals surface area contributed by atoms with E-state index >= 15 is 4.39 Å². The molecule has 0 bridgehead atoms. The van der Waals surface area contributed by atoms with Gasteiger partial charge in [-0.3, -0.25) is 14.4 Å². The summed E-state index contributed by atoms with van der Waals surface area (Å²) in [4.78, 5) is 35.7. The second kappa shape index (κ2) is 6.08. The van der Waals surface area contributed by atoms with E-state index in [-0.39, 0.29) is 24.3 Å². The topological polar surface area (TPSA) is 91.7 Å². The molecule has 0 aliphatic heterocycles. The first-order valence-electron chi connectivity index (χ1n) is 10.0. The summed E-state index contributed by atoms with van der Waals surface area (Å²) in [7, 11) is 0. The Labute approximate surface area is 174 Å². The van der Waals surface area contributed by atoms with Crippen molar-refractivity contribution < 1.29 is 29.0 Å². The number of rotatable bonds is 2. The van der Waals surface area contributed by atoms with Crippen molar-refractivity contribution in [3.63, 3.8) is 0 Å². The molecule has 5 nitrogen and oxygen atoms in total. The zero-order valence-corrected chi connectivity index (χ0v) is 17.4. The summed E-state index contributed by atoms with van der Waals surface area (Å²) in [6, 6.07) is 0. The molecule has 4 rings (SSSR count). The van der Waals surface area contributed by atoms with Crippen LogP contribution >= 0.6 is 11.6 Å². The Morgan fingerprint density at radius 1 is 1.31 bits per heavy atom. The highest BCUT2D eigenvalue weighted by Crippen LogP contribution is 2.71. The van der Waals surface area contributed by atoms with Crippen molar-refractivity contribution in [1.29, 1.82) is 0 Å². The third-order valence-electron chi connectivity index (χ3n) is 8.68. The van der Waals surface area contributed by atoms with Crippen molar-refractivity contribution in [3.05, 3.63) is 23.8 Å². The van der Waals surface area contributed by atoms with Crippen LogP contribution in [0.25, 0.3) is 0 Å². The molecule has 0 aromatic heterocycles. The zero-order chi connectivity index (χ0) is 21.6. The first-order valence-corrected chi connectivity index (χ1v) is 10.4. The largest absolute Gasteiger partial charge is 0.388 e. The Morgan fingerprint density at radius 2 is 1.97 bits per heavy atom. The maximum Gasteiger partial charge on any atom is 0.221 e. The molecule has 7 atom stereocenters. The second-order valence-corrected chi connectivity index (χ2v) is 10.4. The van der Waals surface area contributed by atoms with Gasteiger partial charge in [-0.1, -0.05) is 20.4 Å². The lowest BCUT2D eigenvalue weighted by molar-refractivity contribution is -0.159. The van der Waals surface area contributed by atoms with Crippen LogP contribution in [0.4, 0.5) is 4.39 Å². The van der Waals surface area contributed by atoms with Crippen LogP contribution in [0.3, 0.4) is 0 Å². The number of Topliss-reactive ketones (excluding diaryl/α,β-unsaturated/α-hetero) is 2. The zero-order valence-electron chi connectivity index (χ0n) is 16.6. The van der Waals surface area contributed by atoms with Crippen LogP contribution in [0.1, 0.15) is 46.0 Å². The molecule has 0 saturated heterocycles. The second-order valence-electron chi connectivity index (χ2n) is 9.69. The summed E-state index contributed by atoms with van der Waals surface area (Å²) < 4.78 is 15.3. The van der Waals surface area contributed by atoms with Crippen LogP contribution in [0, 0.1) is 22.7 Å². The minimum Gasteiger partial charge on any atom is -0.388 e. The van der Waals surface area contributed by atoms with Crippen LogP contribution in [0.15, 0.2) is 23.8 Å². The molecule has 2 N–H and O–H groups in total. The van der Waals surface area contributed by atoms with E-state index < -0.39 is 57.4 Å². The molecule has 3 saturated carbocycles. The van der Waals surface area contributed by atoms with E-state index in [1.807, 2.05) is 0 Å². The van der Waals surface area contributed by atoms with E-state index in [9.17, 15) is 24.6 Å². The number of aliphatic hydroxyl groups is 2. The van der Waals surface area contributed by atoms with Crippen LogP contribution in [-0.4, -0.2) is 50.8 Å². The SMILES string of the molecule is C=C1C[C@H]2[C@@H]3CC(F)C4=CC(=O)C(=O)C[C@]4(C)[C@@]3(Cl)CC[C@]2(C)[C@@]1(O)C(=O)CO. The number of hydrogen-bond donors (Lipinski definition) is 2. The molecular formula is C22H26ClFO5. The Kier molecular flexibility index (Phi) is 4.38. The number of halogens is 2. The van der Waals surface area contributed by atoms with Crippen molar-refractivity contribution in [1.82, 2.24) is 0 Å². The van der Waals surface area contributed by atoms with Crippen molar-refractivity contribution in [2.75, 3.05) is 6.61 Å². The lowest BCUT2D eigenvalue weighted by Gasteiger charge is -2.63. The molecule has 0 heterocycles. The summed E-state index contributed by atoms with van der Waals surface area (Å²) in [5, 5.41) is 20.8. The molecule has 0 aromatic rings. The molecule has 0 spiro atoms. The molecule has 1 unspecified atom stereocenters. The van der Waals surface area contributed by atoms with Crippen LogP contribution in [0.2, 0.25) is 0 Å². The van der Waals surface area contributed by atoms with Crippen LogP contribution in [-0.2, 0) is 14.4 Å². The quantitative estimate of drug-likeness (QED) is 0.403.